The van der Waals surface area contributed by atoms with Gasteiger partial charge in [-0.05, 0) is 16.5 Å². The quantitative estimate of drug-likeness (QED) is 0.716. The van der Waals surface area contributed by atoms with Gasteiger partial charge in [-0.3, -0.25) is 0 Å². The van der Waals surface area contributed by atoms with Crippen LogP contribution in [0.2, 0.25) is 0 Å². The van der Waals surface area contributed by atoms with Gasteiger partial charge in [-0.1, -0.05) is 45.0 Å². The van der Waals surface area contributed by atoms with Gasteiger partial charge in [0.05, 0.1) is 0 Å². The monoisotopic (exact) mass is 189 g/mol. The van der Waals surface area contributed by atoms with Crippen molar-refractivity contribution in [3.05, 3.63) is 35.4 Å². The number of nitrogens with one attached hydrogen (secondary N) is 1. The van der Waals surface area contributed by atoms with Crippen LogP contribution in [0.3, 0.4) is 0 Å². The third kappa shape index (κ3) is 1.83. The highest BCUT2D eigenvalue weighted by molar-refractivity contribution is 5.30. The van der Waals surface area contributed by atoms with E-state index in [1.54, 1.807) is 0 Å². The maximum absolute atomic E-state index is 3.30. The van der Waals surface area contributed by atoms with Gasteiger partial charge in [0.25, 0.3) is 0 Å². The molecule has 0 saturated carbocycles. The fourth-order valence-corrected chi connectivity index (χ4v) is 1.78. The number of rotatable bonds is 1. The fourth-order valence-electron chi connectivity index (χ4n) is 1.78. The summed E-state index contributed by atoms with van der Waals surface area (Å²) < 4.78 is 0. The molecule has 14 heavy (non-hydrogen) atoms. The van der Waals surface area contributed by atoms with Crippen molar-refractivity contribution in [3.8, 4) is 0 Å². The van der Waals surface area contributed by atoms with Crippen molar-refractivity contribution in [2.24, 2.45) is 0 Å². The van der Waals surface area contributed by atoms with Crippen LogP contribution < -0.4 is 5.32 Å². The highest BCUT2D eigenvalue weighted by Crippen LogP contribution is 2.25. The second-order valence-electron chi connectivity index (χ2n) is 5.23. The van der Waals surface area contributed by atoms with Crippen LogP contribution in [0.5, 0.6) is 0 Å². The molecule has 76 valence electrons. The molecule has 2 rings (SSSR count). The van der Waals surface area contributed by atoms with Crippen molar-refractivity contribution >= 4 is 0 Å². The molecule has 1 aromatic carbocycles. The van der Waals surface area contributed by atoms with Gasteiger partial charge >= 0.3 is 0 Å². The number of hydrogen-bond donors (Lipinski definition) is 1. The van der Waals surface area contributed by atoms with Crippen LogP contribution in [0.25, 0.3) is 0 Å². The summed E-state index contributed by atoms with van der Waals surface area (Å²) in [4.78, 5) is 0. The third-order valence-corrected chi connectivity index (χ3v) is 3.03. The first-order valence-corrected chi connectivity index (χ1v) is 5.38. The topological polar surface area (TPSA) is 12.0 Å². The minimum Gasteiger partial charge on any atom is -0.315 e. The van der Waals surface area contributed by atoms with E-state index < -0.39 is 0 Å². The Balaban J connectivity index is 2.17. The van der Waals surface area contributed by atoms with Gasteiger partial charge in [0.1, 0.15) is 0 Å². The molecule has 1 aliphatic heterocycles. The lowest BCUT2D eigenvalue weighted by Gasteiger charge is -2.28. The fraction of sp³-hybridized carbons (Fsp3) is 0.538. The summed E-state index contributed by atoms with van der Waals surface area (Å²) in [7, 11) is 0. The van der Waals surface area contributed by atoms with Crippen LogP contribution in [-0.2, 0) is 5.41 Å². The number of hydrogen-bond acceptors (Lipinski definition) is 1. The zero-order chi connectivity index (χ0) is 10.2. The van der Waals surface area contributed by atoms with Crippen molar-refractivity contribution in [1.29, 1.82) is 0 Å². The Bertz CT molecular complexity index is 301. The van der Waals surface area contributed by atoms with Crippen LogP contribution in [0, 0.1) is 0 Å². The molecule has 1 aliphatic rings. The Hall–Kier alpha value is -0.820. The molecule has 0 bridgehead atoms. The maximum Gasteiger partial charge on any atom is 0.00885 e. The Morgan fingerprint density at radius 1 is 1.07 bits per heavy atom. The summed E-state index contributed by atoms with van der Waals surface area (Å²) in [6, 6.07) is 9.11. The minimum atomic E-state index is 0.274. The average molecular weight is 189 g/mol. The lowest BCUT2D eigenvalue weighted by molar-refractivity contribution is 0.448. The Labute approximate surface area is 86.5 Å². The minimum absolute atomic E-state index is 0.274. The summed E-state index contributed by atoms with van der Waals surface area (Å²) in [5, 5.41) is 3.30. The van der Waals surface area contributed by atoms with E-state index in [0.29, 0.717) is 0 Å². The van der Waals surface area contributed by atoms with Gasteiger partial charge in [-0.15, -0.1) is 0 Å². The van der Waals surface area contributed by atoms with Gasteiger partial charge in [0.2, 0.25) is 0 Å². The summed E-state index contributed by atoms with van der Waals surface area (Å²) in [6.45, 7) is 9.07. The zero-order valence-electron chi connectivity index (χ0n) is 9.30. The molecule has 0 atom stereocenters. The van der Waals surface area contributed by atoms with E-state index in [0.717, 1.165) is 19.0 Å². The van der Waals surface area contributed by atoms with Crippen molar-refractivity contribution in [2.45, 2.75) is 32.1 Å². The van der Waals surface area contributed by atoms with Crippen LogP contribution in [0.1, 0.15) is 37.8 Å². The smallest absolute Gasteiger partial charge is 0.00885 e. The van der Waals surface area contributed by atoms with E-state index in [1.165, 1.54) is 11.1 Å². The van der Waals surface area contributed by atoms with E-state index in [-0.39, 0.29) is 5.41 Å². The lowest BCUT2D eigenvalue weighted by atomic mass is 9.85. The Kier molecular flexibility index (Phi) is 2.36. The predicted molar refractivity (Wildman–Crippen MR) is 60.8 cm³/mol. The molecular formula is C13H19N. The van der Waals surface area contributed by atoms with E-state index in [9.17, 15) is 0 Å². The molecule has 0 radical (unpaired) electrons. The van der Waals surface area contributed by atoms with Gasteiger partial charge in [0.15, 0.2) is 0 Å². The molecule has 1 fully saturated rings. The molecule has 1 heterocycles. The van der Waals surface area contributed by atoms with E-state index in [1.807, 2.05) is 0 Å². The van der Waals surface area contributed by atoms with Gasteiger partial charge in [-0.2, -0.15) is 0 Å². The predicted octanol–water partition coefficient (Wildman–Crippen LogP) is 2.67. The zero-order valence-corrected chi connectivity index (χ0v) is 9.30. The van der Waals surface area contributed by atoms with Crippen LogP contribution in [0.15, 0.2) is 24.3 Å². The second kappa shape index (κ2) is 3.39. The molecule has 1 aromatic rings. The van der Waals surface area contributed by atoms with Gasteiger partial charge < -0.3 is 5.32 Å². The third-order valence-electron chi connectivity index (χ3n) is 3.03. The standard InChI is InChI=1S/C13H19N/c1-13(2,3)12-6-4-10(5-7-12)11-8-14-9-11/h4-7,11,14H,8-9H2,1-3H3. The highest BCUT2D eigenvalue weighted by Gasteiger charge is 2.19. The number of benzene rings is 1. The first-order chi connectivity index (χ1) is 6.57. The highest BCUT2D eigenvalue weighted by atomic mass is 14.9. The van der Waals surface area contributed by atoms with Crippen molar-refractivity contribution in [1.82, 2.24) is 5.32 Å². The largest absolute Gasteiger partial charge is 0.315 e. The maximum atomic E-state index is 3.30. The average Bonchev–Trinajstić information content (AvgIpc) is 2.00. The first kappa shape index (κ1) is 9.72. The molecule has 1 N–H and O–H groups in total. The van der Waals surface area contributed by atoms with E-state index >= 15 is 0 Å². The molecule has 0 amide bonds. The SMILES string of the molecule is CC(C)(C)c1ccc(C2CNC2)cc1. The van der Waals surface area contributed by atoms with Crippen molar-refractivity contribution in [3.63, 3.8) is 0 Å². The second-order valence-corrected chi connectivity index (χ2v) is 5.23. The van der Waals surface area contributed by atoms with Crippen molar-refractivity contribution < 1.29 is 0 Å². The van der Waals surface area contributed by atoms with E-state index in [2.05, 4.69) is 50.4 Å². The van der Waals surface area contributed by atoms with Crippen LogP contribution in [-0.4, -0.2) is 13.1 Å². The van der Waals surface area contributed by atoms with Crippen molar-refractivity contribution in [2.75, 3.05) is 13.1 Å². The van der Waals surface area contributed by atoms with Crippen LogP contribution >= 0.6 is 0 Å². The summed E-state index contributed by atoms with van der Waals surface area (Å²) in [6.07, 6.45) is 0. The molecule has 1 nitrogen and oxygen atoms in total. The lowest BCUT2D eigenvalue weighted by Crippen LogP contribution is -2.39. The Morgan fingerprint density at radius 3 is 2.00 bits per heavy atom. The summed E-state index contributed by atoms with van der Waals surface area (Å²) in [5.41, 5.74) is 3.18. The first-order valence-electron chi connectivity index (χ1n) is 5.38. The molecule has 0 spiro atoms. The van der Waals surface area contributed by atoms with Crippen LogP contribution in [0.4, 0.5) is 0 Å². The molecular weight excluding hydrogens is 170 g/mol. The van der Waals surface area contributed by atoms with E-state index in [4.69, 9.17) is 0 Å². The molecule has 0 aromatic heterocycles. The summed E-state index contributed by atoms with van der Waals surface area (Å²) >= 11 is 0. The van der Waals surface area contributed by atoms with Gasteiger partial charge in [-0.25, -0.2) is 0 Å². The molecule has 1 saturated heterocycles. The molecule has 0 aliphatic carbocycles. The molecule has 0 unspecified atom stereocenters. The summed E-state index contributed by atoms with van der Waals surface area (Å²) in [5.74, 6) is 0.754. The van der Waals surface area contributed by atoms with Gasteiger partial charge in [0, 0.05) is 19.0 Å². The normalized spacial score (nSPS) is 17.9. The Morgan fingerprint density at radius 2 is 1.64 bits per heavy atom. The molecule has 1 heteroatoms.